The Balaban J connectivity index is 1.32. The molecule has 5 rings (SSSR count). The second kappa shape index (κ2) is 5.65. The fourth-order valence-corrected chi connectivity index (χ4v) is 3.46. The van der Waals surface area contributed by atoms with Crippen molar-refractivity contribution in [2.24, 2.45) is 0 Å². The van der Waals surface area contributed by atoms with Crippen LogP contribution in [0.4, 0.5) is 0 Å². The maximum Gasteiger partial charge on any atom is 0.270 e. The summed E-state index contributed by atoms with van der Waals surface area (Å²) in [5.41, 5.74) is 2.27. The molecule has 1 fully saturated rings. The van der Waals surface area contributed by atoms with Crippen molar-refractivity contribution in [2.45, 2.75) is 44.6 Å². The fourth-order valence-electron chi connectivity index (χ4n) is 3.46. The van der Waals surface area contributed by atoms with Crippen LogP contribution >= 0.6 is 0 Å². The molecule has 0 saturated heterocycles. The van der Waals surface area contributed by atoms with Crippen LogP contribution in [-0.2, 0) is 19.4 Å². The lowest BCUT2D eigenvalue weighted by Crippen LogP contribution is -2.28. The van der Waals surface area contributed by atoms with Crippen molar-refractivity contribution in [3.8, 4) is 0 Å². The van der Waals surface area contributed by atoms with Gasteiger partial charge in [-0.3, -0.25) is 4.79 Å². The minimum Gasteiger partial charge on any atom is -0.350 e. The van der Waals surface area contributed by atoms with E-state index in [0.29, 0.717) is 24.6 Å². The Morgan fingerprint density at radius 3 is 3.12 bits per heavy atom. The van der Waals surface area contributed by atoms with Gasteiger partial charge in [-0.25, -0.2) is 9.50 Å². The molecule has 1 saturated carbocycles. The zero-order valence-corrected chi connectivity index (χ0v) is 13.9. The Morgan fingerprint density at radius 2 is 2.24 bits per heavy atom. The number of nitrogens with one attached hydrogen (secondary N) is 1. The molecule has 3 aromatic rings. The van der Waals surface area contributed by atoms with Crippen molar-refractivity contribution in [1.82, 2.24) is 34.7 Å². The van der Waals surface area contributed by atoms with Crippen LogP contribution in [0.25, 0.3) is 5.65 Å². The Kier molecular flexibility index (Phi) is 3.29. The molecule has 4 heterocycles. The minimum absolute atomic E-state index is 0.126. The van der Waals surface area contributed by atoms with Crippen molar-refractivity contribution in [2.75, 3.05) is 6.54 Å². The molecular weight excluding hydrogens is 318 g/mol. The second-order valence-electron chi connectivity index (χ2n) is 6.74. The molecule has 1 aliphatic heterocycles. The van der Waals surface area contributed by atoms with Crippen LogP contribution in [0.3, 0.4) is 0 Å². The molecule has 0 bridgehead atoms. The van der Waals surface area contributed by atoms with Crippen LogP contribution in [0, 0.1) is 0 Å². The first-order chi connectivity index (χ1) is 12.3. The standard InChI is InChI=1S/C17H19N7O/c25-17(18-7-5-16-22-21-15-2-1-9-23(15)16)13-10-12(11-3-4-11)20-14-6-8-19-24(13)14/h6,8,10-11H,1-5,7,9H2,(H,18,25). The number of nitrogens with zero attached hydrogens (tertiary/aromatic N) is 6. The summed E-state index contributed by atoms with van der Waals surface area (Å²) in [4.78, 5) is 17.3. The highest BCUT2D eigenvalue weighted by Crippen LogP contribution is 2.39. The van der Waals surface area contributed by atoms with Gasteiger partial charge in [0, 0.05) is 43.6 Å². The van der Waals surface area contributed by atoms with Crippen LogP contribution in [0.2, 0.25) is 0 Å². The summed E-state index contributed by atoms with van der Waals surface area (Å²) >= 11 is 0. The zero-order valence-electron chi connectivity index (χ0n) is 13.9. The molecule has 25 heavy (non-hydrogen) atoms. The molecule has 0 spiro atoms. The van der Waals surface area contributed by atoms with E-state index in [1.165, 1.54) is 0 Å². The van der Waals surface area contributed by atoms with Gasteiger partial charge in [0.05, 0.1) is 6.20 Å². The number of hydrogen-bond acceptors (Lipinski definition) is 5. The summed E-state index contributed by atoms with van der Waals surface area (Å²) in [5, 5.41) is 15.7. The van der Waals surface area contributed by atoms with E-state index in [-0.39, 0.29) is 5.91 Å². The van der Waals surface area contributed by atoms with E-state index in [4.69, 9.17) is 0 Å². The molecule has 8 heteroatoms. The minimum atomic E-state index is -0.126. The van der Waals surface area contributed by atoms with Gasteiger partial charge in [0.15, 0.2) is 5.65 Å². The smallest absolute Gasteiger partial charge is 0.270 e. The molecule has 1 aliphatic carbocycles. The van der Waals surface area contributed by atoms with Crippen LogP contribution in [-0.4, -0.2) is 41.8 Å². The van der Waals surface area contributed by atoms with Crippen molar-refractivity contribution < 1.29 is 4.79 Å². The van der Waals surface area contributed by atoms with Crippen molar-refractivity contribution >= 4 is 11.6 Å². The first-order valence-corrected chi connectivity index (χ1v) is 8.83. The molecule has 0 atom stereocenters. The SMILES string of the molecule is O=C(NCCc1nnc2n1CCC2)c1cc(C2CC2)nc2ccnn12. The molecule has 2 aliphatic rings. The highest BCUT2D eigenvalue weighted by atomic mass is 16.2. The number of aryl methyl sites for hydroxylation is 1. The Hall–Kier alpha value is -2.77. The summed E-state index contributed by atoms with van der Waals surface area (Å²) in [6.45, 7) is 1.51. The van der Waals surface area contributed by atoms with Crippen LogP contribution in [0.1, 0.15) is 53.0 Å². The largest absolute Gasteiger partial charge is 0.350 e. The third-order valence-corrected chi connectivity index (χ3v) is 4.93. The molecule has 1 amide bonds. The van der Waals surface area contributed by atoms with E-state index in [9.17, 15) is 4.79 Å². The summed E-state index contributed by atoms with van der Waals surface area (Å²) in [7, 11) is 0. The van der Waals surface area contributed by atoms with Gasteiger partial charge in [0.2, 0.25) is 0 Å². The topological polar surface area (TPSA) is 90.0 Å². The van der Waals surface area contributed by atoms with E-state index >= 15 is 0 Å². The van der Waals surface area contributed by atoms with E-state index < -0.39 is 0 Å². The summed E-state index contributed by atoms with van der Waals surface area (Å²) in [6.07, 6.45) is 6.78. The zero-order chi connectivity index (χ0) is 16.8. The van der Waals surface area contributed by atoms with Gasteiger partial charge in [0.1, 0.15) is 17.3 Å². The van der Waals surface area contributed by atoms with Gasteiger partial charge < -0.3 is 9.88 Å². The molecule has 0 radical (unpaired) electrons. The normalized spacial score (nSPS) is 16.3. The van der Waals surface area contributed by atoms with Crippen molar-refractivity contribution in [3.63, 3.8) is 0 Å². The number of rotatable bonds is 5. The van der Waals surface area contributed by atoms with Gasteiger partial charge in [-0.2, -0.15) is 5.10 Å². The number of hydrogen-bond donors (Lipinski definition) is 1. The van der Waals surface area contributed by atoms with Crippen molar-refractivity contribution in [3.05, 3.63) is 41.4 Å². The lowest BCUT2D eigenvalue weighted by atomic mass is 10.2. The molecule has 3 aromatic heterocycles. The van der Waals surface area contributed by atoms with Gasteiger partial charge in [0.25, 0.3) is 5.91 Å². The molecule has 0 unspecified atom stereocenters. The predicted octanol–water partition coefficient (Wildman–Crippen LogP) is 1.12. The highest BCUT2D eigenvalue weighted by molar-refractivity contribution is 5.93. The number of fused-ring (bicyclic) bond motifs is 2. The van der Waals surface area contributed by atoms with Crippen LogP contribution < -0.4 is 5.32 Å². The molecule has 0 aromatic carbocycles. The number of carbonyl (C=O) groups excluding carboxylic acids is 1. The fraction of sp³-hybridized carbons (Fsp3) is 0.471. The Labute approximate surface area is 144 Å². The maximum atomic E-state index is 12.7. The monoisotopic (exact) mass is 337 g/mol. The molecule has 1 N–H and O–H groups in total. The summed E-state index contributed by atoms with van der Waals surface area (Å²) in [6, 6.07) is 3.71. The quantitative estimate of drug-likeness (QED) is 0.753. The summed E-state index contributed by atoms with van der Waals surface area (Å²) in [5.74, 6) is 2.37. The van der Waals surface area contributed by atoms with E-state index in [1.54, 1.807) is 10.7 Å². The highest BCUT2D eigenvalue weighted by Gasteiger charge is 2.27. The number of carbonyl (C=O) groups is 1. The van der Waals surface area contributed by atoms with E-state index in [2.05, 4.69) is 30.2 Å². The average molecular weight is 337 g/mol. The predicted molar refractivity (Wildman–Crippen MR) is 89.3 cm³/mol. The van der Waals surface area contributed by atoms with E-state index in [0.717, 1.165) is 55.2 Å². The first kappa shape index (κ1) is 14.6. The van der Waals surface area contributed by atoms with Crippen molar-refractivity contribution in [1.29, 1.82) is 0 Å². The third kappa shape index (κ3) is 2.57. The van der Waals surface area contributed by atoms with Gasteiger partial charge in [-0.05, 0) is 25.3 Å². The van der Waals surface area contributed by atoms with Crippen LogP contribution in [0.5, 0.6) is 0 Å². The second-order valence-corrected chi connectivity index (χ2v) is 6.74. The van der Waals surface area contributed by atoms with Crippen LogP contribution in [0.15, 0.2) is 18.3 Å². The molecule has 8 nitrogen and oxygen atoms in total. The van der Waals surface area contributed by atoms with Gasteiger partial charge in [-0.1, -0.05) is 0 Å². The average Bonchev–Trinajstić information content (AvgIpc) is 3.03. The lowest BCUT2D eigenvalue weighted by molar-refractivity contribution is 0.0946. The maximum absolute atomic E-state index is 12.7. The first-order valence-electron chi connectivity index (χ1n) is 8.83. The van der Waals surface area contributed by atoms with E-state index in [1.807, 2.05) is 12.1 Å². The Bertz CT molecular complexity index is 953. The summed E-state index contributed by atoms with van der Waals surface area (Å²) < 4.78 is 3.77. The number of aromatic nitrogens is 6. The van der Waals surface area contributed by atoms with Gasteiger partial charge >= 0.3 is 0 Å². The molecular formula is C17H19N7O. The van der Waals surface area contributed by atoms with Gasteiger partial charge in [-0.15, -0.1) is 10.2 Å². The third-order valence-electron chi connectivity index (χ3n) is 4.93. The number of amides is 1. The Morgan fingerprint density at radius 1 is 1.32 bits per heavy atom. The lowest BCUT2D eigenvalue weighted by Gasteiger charge is -2.09. The molecule has 128 valence electrons.